The van der Waals surface area contributed by atoms with Crippen LogP contribution in [0, 0.1) is 55.4 Å². The van der Waals surface area contributed by atoms with Crippen molar-refractivity contribution in [3.8, 4) is 33.4 Å². The third-order valence-corrected chi connectivity index (χ3v) is 13.3. The van der Waals surface area contributed by atoms with Gasteiger partial charge in [0.15, 0.2) is 0 Å². The van der Waals surface area contributed by atoms with Crippen LogP contribution in [0.5, 0.6) is 0 Å². The summed E-state index contributed by atoms with van der Waals surface area (Å²) in [5, 5.41) is 12.8. The maximum atomic E-state index is 6.36. The largest absolute Gasteiger partial charge is 0.456 e. The number of aryl methyl sites for hydroxylation is 4. The van der Waals surface area contributed by atoms with Gasteiger partial charge in [-0.2, -0.15) is 0 Å². The van der Waals surface area contributed by atoms with Crippen molar-refractivity contribution in [2.24, 2.45) is 0 Å². The van der Waals surface area contributed by atoms with Crippen molar-refractivity contribution < 1.29 is 4.42 Å². The molecule has 0 spiro atoms. The van der Waals surface area contributed by atoms with E-state index >= 15 is 0 Å². The van der Waals surface area contributed by atoms with Gasteiger partial charge in [0.05, 0.1) is 0 Å². The van der Waals surface area contributed by atoms with E-state index in [1.165, 1.54) is 121 Å². The SMILES string of the molecule is Cc1c(C)c(C)c2c(-c3ccc(-c4cccc5ccccc45)c4ccccc34)c3c(C)c(C)c(C)c(C)c3c(-c3ccc4oc5ccccc5c4c3)c2c1C. The van der Waals surface area contributed by atoms with Crippen molar-refractivity contribution in [2.45, 2.75) is 55.4 Å². The maximum absolute atomic E-state index is 6.36. The number of rotatable bonds is 3. The van der Waals surface area contributed by atoms with Crippen LogP contribution in [0.2, 0.25) is 0 Å². The van der Waals surface area contributed by atoms with Crippen LogP contribution < -0.4 is 0 Å². The molecule has 1 nitrogen and oxygen atoms in total. The van der Waals surface area contributed by atoms with E-state index in [2.05, 4.69) is 177 Å². The molecule has 0 aliphatic carbocycles. The first-order valence-corrected chi connectivity index (χ1v) is 19.5. The van der Waals surface area contributed by atoms with E-state index in [0.29, 0.717) is 0 Å². The van der Waals surface area contributed by atoms with Gasteiger partial charge in [0.2, 0.25) is 0 Å². The van der Waals surface area contributed by atoms with Gasteiger partial charge in [0, 0.05) is 10.8 Å². The van der Waals surface area contributed by atoms with Gasteiger partial charge in [-0.25, -0.2) is 0 Å². The van der Waals surface area contributed by atoms with Gasteiger partial charge < -0.3 is 4.42 Å². The fourth-order valence-corrected chi connectivity index (χ4v) is 9.78. The van der Waals surface area contributed by atoms with E-state index in [0.717, 1.165) is 21.9 Å². The number of fused-ring (bicyclic) bond motifs is 7. The second-order valence-electron chi connectivity index (χ2n) is 15.8. The van der Waals surface area contributed by atoms with Gasteiger partial charge in [0.25, 0.3) is 0 Å². The van der Waals surface area contributed by atoms with Crippen LogP contribution in [0.25, 0.3) is 98.4 Å². The van der Waals surface area contributed by atoms with Crippen LogP contribution in [0.15, 0.2) is 126 Å². The molecule has 0 saturated heterocycles. The van der Waals surface area contributed by atoms with Crippen molar-refractivity contribution in [1.29, 1.82) is 0 Å². The maximum Gasteiger partial charge on any atom is 0.135 e. The summed E-state index contributed by atoms with van der Waals surface area (Å²) in [7, 11) is 0. The monoisotopic (exact) mass is 708 g/mol. The molecule has 10 aromatic rings. The van der Waals surface area contributed by atoms with Crippen LogP contribution >= 0.6 is 0 Å². The topological polar surface area (TPSA) is 13.1 Å². The highest BCUT2D eigenvalue weighted by Crippen LogP contribution is 2.52. The molecular weight excluding hydrogens is 665 g/mol. The lowest BCUT2D eigenvalue weighted by atomic mass is 9.76. The molecular formula is C54H44O. The second kappa shape index (κ2) is 12.2. The quantitative estimate of drug-likeness (QED) is 0.167. The molecule has 0 saturated carbocycles. The summed E-state index contributed by atoms with van der Waals surface area (Å²) in [5.41, 5.74) is 20.4. The molecule has 266 valence electrons. The molecule has 55 heavy (non-hydrogen) atoms. The second-order valence-corrected chi connectivity index (χ2v) is 15.8. The Morgan fingerprint density at radius 1 is 0.309 bits per heavy atom. The Bertz CT molecular complexity index is 3190. The zero-order valence-corrected chi connectivity index (χ0v) is 33.0. The smallest absolute Gasteiger partial charge is 0.135 e. The first-order valence-electron chi connectivity index (χ1n) is 19.5. The van der Waals surface area contributed by atoms with Crippen LogP contribution in [-0.4, -0.2) is 0 Å². The van der Waals surface area contributed by atoms with Crippen LogP contribution in [0.1, 0.15) is 44.5 Å². The summed E-state index contributed by atoms with van der Waals surface area (Å²) >= 11 is 0. The van der Waals surface area contributed by atoms with Gasteiger partial charge >= 0.3 is 0 Å². The highest BCUT2D eigenvalue weighted by Gasteiger charge is 2.27. The lowest BCUT2D eigenvalue weighted by Crippen LogP contribution is -2.04. The van der Waals surface area contributed by atoms with Crippen LogP contribution in [0.3, 0.4) is 0 Å². The summed E-state index contributed by atoms with van der Waals surface area (Å²) in [6, 6.07) is 44.6. The lowest BCUT2D eigenvalue weighted by Gasteiger charge is -2.27. The van der Waals surface area contributed by atoms with Gasteiger partial charge in [-0.3, -0.25) is 0 Å². The third kappa shape index (κ3) is 4.66. The zero-order valence-electron chi connectivity index (χ0n) is 33.0. The Hall–Kier alpha value is -6.18. The first-order chi connectivity index (χ1) is 26.7. The van der Waals surface area contributed by atoms with E-state index in [1.807, 2.05) is 0 Å². The summed E-state index contributed by atoms with van der Waals surface area (Å²) in [6.07, 6.45) is 0. The summed E-state index contributed by atoms with van der Waals surface area (Å²) in [5.74, 6) is 0. The van der Waals surface area contributed by atoms with Crippen molar-refractivity contribution in [3.63, 3.8) is 0 Å². The number of para-hydroxylation sites is 1. The standard InChI is InChI=1S/C54H44O/c1-29-31(3)35(7)51-49(33(29)5)53(38-24-27-48-46(28-38)44-21-13-14-23-47(44)55-48)50-34(6)30(2)32(4)36(8)52(50)54(51)45-26-25-43(41-19-11-12-20-42(41)45)40-22-15-17-37-16-9-10-18-39(37)40/h9-28H,1-8H3. The predicted octanol–water partition coefficient (Wildman–Crippen LogP) is 15.7. The molecule has 0 N–H and O–H groups in total. The Morgan fingerprint density at radius 3 is 1.40 bits per heavy atom. The average Bonchev–Trinajstić information content (AvgIpc) is 3.60. The first kappa shape index (κ1) is 33.4. The number of benzene rings is 9. The van der Waals surface area contributed by atoms with E-state index in [4.69, 9.17) is 4.42 Å². The van der Waals surface area contributed by atoms with E-state index < -0.39 is 0 Å². The molecule has 0 radical (unpaired) electrons. The van der Waals surface area contributed by atoms with Gasteiger partial charge in [-0.15, -0.1) is 0 Å². The van der Waals surface area contributed by atoms with Crippen molar-refractivity contribution in [1.82, 2.24) is 0 Å². The van der Waals surface area contributed by atoms with Crippen LogP contribution in [0.4, 0.5) is 0 Å². The zero-order chi connectivity index (χ0) is 37.9. The van der Waals surface area contributed by atoms with Crippen molar-refractivity contribution in [3.05, 3.63) is 166 Å². The van der Waals surface area contributed by atoms with Crippen molar-refractivity contribution in [2.75, 3.05) is 0 Å². The molecule has 0 aliphatic rings. The van der Waals surface area contributed by atoms with E-state index in [-0.39, 0.29) is 0 Å². The molecule has 0 atom stereocenters. The number of hydrogen-bond acceptors (Lipinski definition) is 1. The van der Waals surface area contributed by atoms with Gasteiger partial charge in [-0.1, -0.05) is 103 Å². The fraction of sp³-hybridized carbons (Fsp3) is 0.148. The van der Waals surface area contributed by atoms with E-state index in [9.17, 15) is 0 Å². The minimum atomic E-state index is 0.924. The van der Waals surface area contributed by atoms with Crippen molar-refractivity contribution >= 4 is 65.0 Å². The number of furan rings is 1. The lowest BCUT2D eigenvalue weighted by molar-refractivity contribution is 0.669. The molecule has 0 aliphatic heterocycles. The molecule has 9 aromatic carbocycles. The number of hydrogen-bond donors (Lipinski definition) is 0. The minimum Gasteiger partial charge on any atom is -0.456 e. The highest BCUT2D eigenvalue weighted by atomic mass is 16.3. The third-order valence-electron chi connectivity index (χ3n) is 13.3. The Kier molecular flexibility index (Phi) is 7.39. The highest BCUT2D eigenvalue weighted by molar-refractivity contribution is 6.28. The molecule has 1 aromatic heterocycles. The summed E-state index contributed by atoms with van der Waals surface area (Å²) in [6.45, 7) is 18.6. The molecule has 0 unspecified atom stereocenters. The average molecular weight is 709 g/mol. The molecule has 0 amide bonds. The Morgan fingerprint density at radius 2 is 0.764 bits per heavy atom. The van der Waals surface area contributed by atoms with Gasteiger partial charge in [-0.05, 0) is 195 Å². The summed E-state index contributed by atoms with van der Waals surface area (Å²) < 4.78 is 6.36. The van der Waals surface area contributed by atoms with E-state index in [1.54, 1.807) is 0 Å². The molecule has 10 rings (SSSR count). The normalized spacial score (nSPS) is 12.0. The molecule has 0 bridgehead atoms. The fourth-order valence-electron chi connectivity index (χ4n) is 9.78. The molecule has 1 heteroatoms. The predicted molar refractivity (Wildman–Crippen MR) is 238 cm³/mol. The Balaban J connectivity index is 1.42. The summed E-state index contributed by atoms with van der Waals surface area (Å²) in [4.78, 5) is 0. The molecule has 0 fully saturated rings. The minimum absolute atomic E-state index is 0.924. The Labute approximate surface area is 322 Å². The van der Waals surface area contributed by atoms with Gasteiger partial charge in [0.1, 0.15) is 11.2 Å². The molecule has 1 heterocycles. The van der Waals surface area contributed by atoms with Crippen LogP contribution in [-0.2, 0) is 0 Å².